The molecule has 0 aromatic heterocycles. The highest BCUT2D eigenvalue weighted by molar-refractivity contribution is 14.1. The van der Waals surface area contributed by atoms with E-state index in [0.29, 0.717) is 13.0 Å². The van der Waals surface area contributed by atoms with Gasteiger partial charge in [-0.1, -0.05) is 6.92 Å². The minimum atomic E-state index is -2.86. The lowest BCUT2D eigenvalue weighted by atomic mass is 10.3. The third-order valence-corrected chi connectivity index (χ3v) is 4.63. The summed E-state index contributed by atoms with van der Waals surface area (Å²) in [7, 11) is -2.86. The van der Waals surface area contributed by atoms with Gasteiger partial charge in [-0.25, -0.2) is 8.42 Å². The second kappa shape index (κ2) is 6.44. The number of hydrogen-bond donors (Lipinski definition) is 0. The van der Waals surface area contributed by atoms with Crippen LogP contribution in [0.5, 0.6) is 5.75 Å². The van der Waals surface area contributed by atoms with Gasteiger partial charge >= 0.3 is 0 Å². The summed E-state index contributed by atoms with van der Waals surface area (Å²) < 4.78 is 29.0. The van der Waals surface area contributed by atoms with Crippen molar-refractivity contribution in [3.8, 4) is 5.75 Å². The Kier molecular flexibility index (Phi) is 5.54. The van der Waals surface area contributed by atoms with Crippen LogP contribution in [0.4, 0.5) is 0 Å². The van der Waals surface area contributed by atoms with Crippen LogP contribution in [0.15, 0.2) is 24.3 Å². The molecule has 0 aliphatic rings. The Labute approximate surface area is 110 Å². The summed E-state index contributed by atoms with van der Waals surface area (Å²) in [5.41, 5.74) is 0. The fraction of sp³-hybridized carbons (Fsp3) is 0.455. The predicted octanol–water partition coefficient (Wildman–Crippen LogP) is 2.49. The number of sulfone groups is 1. The highest BCUT2D eigenvalue weighted by Crippen LogP contribution is 2.13. The van der Waals surface area contributed by atoms with Crippen molar-refractivity contribution < 1.29 is 13.2 Å². The molecular formula is C11H15IO3S. The third-order valence-electron chi connectivity index (χ3n) is 2.12. The fourth-order valence-electron chi connectivity index (χ4n) is 1.14. The van der Waals surface area contributed by atoms with Gasteiger partial charge in [-0.2, -0.15) is 0 Å². The monoisotopic (exact) mass is 354 g/mol. The first kappa shape index (κ1) is 13.8. The van der Waals surface area contributed by atoms with Crippen LogP contribution in [0.3, 0.4) is 0 Å². The number of hydrogen-bond acceptors (Lipinski definition) is 3. The molecule has 90 valence electrons. The maximum atomic E-state index is 11.2. The van der Waals surface area contributed by atoms with Gasteiger partial charge in [0.2, 0.25) is 0 Å². The molecule has 0 heterocycles. The largest absolute Gasteiger partial charge is 0.494 e. The molecule has 16 heavy (non-hydrogen) atoms. The standard InChI is InChI=1S/C11H15IO3S/c1-2-16(13,14)9-3-8-15-11-6-4-10(12)5-7-11/h4-7H,2-3,8-9H2,1H3. The van der Waals surface area contributed by atoms with Crippen LogP contribution < -0.4 is 4.74 Å². The van der Waals surface area contributed by atoms with E-state index in [1.165, 1.54) is 0 Å². The highest BCUT2D eigenvalue weighted by atomic mass is 127. The molecule has 0 N–H and O–H groups in total. The van der Waals surface area contributed by atoms with Crippen LogP contribution in [0.25, 0.3) is 0 Å². The molecule has 1 aromatic carbocycles. The molecule has 0 saturated heterocycles. The molecule has 0 aliphatic heterocycles. The van der Waals surface area contributed by atoms with Gasteiger partial charge in [-0.15, -0.1) is 0 Å². The van der Waals surface area contributed by atoms with Crippen molar-refractivity contribution in [2.75, 3.05) is 18.1 Å². The summed E-state index contributed by atoms with van der Waals surface area (Å²) in [5.74, 6) is 1.19. The molecular weight excluding hydrogens is 339 g/mol. The summed E-state index contributed by atoms with van der Waals surface area (Å²) >= 11 is 2.22. The summed E-state index contributed by atoms with van der Waals surface area (Å²) in [6.07, 6.45) is 0.544. The normalized spacial score (nSPS) is 11.4. The second-order valence-corrected chi connectivity index (χ2v) is 7.11. The lowest BCUT2D eigenvalue weighted by Gasteiger charge is -2.06. The number of benzene rings is 1. The van der Waals surface area contributed by atoms with Crippen LogP contribution in [-0.4, -0.2) is 26.5 Å². The van der Waals surface area contributed by atoms with Crippen molar-refractivity contribution in [3.63, 3.8) is 0 Å². The molecule has 0 saturated carbocycles. The molecule has 0 fully saturated rings. The van der Waals surface area contributed by atoms with E-state index in [0.717, 1.165) is 9.32 Å². The predicted molar refractivity (Wildman–Crippen MR) is 73.6 cm³/mol. The van der Waals surface area contributed by atoms with Crippen LogP contribution in [0.1, 0.15) is 13.3 Å². The molecule has 0 aliphatic carbocycles. The molecule has 0 unspecified atom stereocenters. The van der Waals surface area contributed by atoms with Gasteiger partial charge in [0.05, 0.1) is 12.4 Å². The van der Waals surface area contributed by atoms with E-state index in [1.807, 2.05) is 24.3 Å². The summed E-state index contributed by atoms with van der Waals surface area (Å²) in [6, 6.07) is 7.68. The topological polar surface area (TPSA) is 43.4 Å². The van der Waals surface area contributed by atoms with Crippen LogP contribution in [0, 0.1) is 3.57 Å². The van der Waals surface area contributed by atoms with E-state index in [4.69, 9.17) is 4.74 Å². The Bertz CT molecular complexity index is 411. The Morgan fingerprint density at radius 3 is 2.44 bits per heavy atom. The molecule has 0 radical (unpaired) electrons. The molecule has 1 rings (SSSR count). The zero-order valence-corrected chi connectivity index (χ0v) is 12.1. The minimum Gasteiger partial charge on any atom is -0.494 e. The average molecular weight is 354 g/mol. The Hall–Kier alpha value is -0.300. The zero-order valence-electron chi connectivity index (χ0n) is 9.15. The lowest BCUT2D eigenvalue weighted by Crippen LogP contribution is -2.11. The van der Waals surface area contributed by atoms with Crippen molar-refractivity contribution in [2.45, 2.75) is 13.3 Å². The van der Waals surface area contributed by atoms with E-state index in [1.54, 1.807) is 6.92 Å². The molecule has 3 nitrogen and oxygen atoms in total. The van der Waals surface area contributed by atoms with Crippen molar-refractivity contribution in [2.24, 2.45) is 0 Å². The van der Waals surface area contributed by atoms with Crippen LogP contribution in [0.2, 0.25) is 0 Å². The van der Waals surface area contributed by atoms with Crippen molar-refractivity contribution in [1.29, 1.82) is 0 Å². The molecule has 0 spiro atoms. The summed E-state index contributed by atoms with van der Waals surface area (Å²) in [5, 5.41) is 0. The van der Waals surface area contributed by atoms with Crippen molar-refractivity contribution >= 4 is 32.4 Å². The van der Waals surface area contributed by atoms with E-state index < -0.39 is 9.84 Å². The maximum absolute atomic E-state index is 11.2. The molecule has 5 heteroatoms. The quantitative estimate of drug-likeness (QED) is 0.582. The Balaban J connectivity index is 2.29. The zero-order chi connectivity index (χ0) is 12.0. The third kappa shape index (κ3) is 5.16. The first-order valence-electron chi connectivity index (χ1n) is 5.12. The van der Waals surface area contributed by atoms with Gasteiger partial charge in [-0.3, -0.25) is 0 Å². The molecule has 0 bridgehead atoms. The van der Waals surface area contributed by atoms with Gasteiger partial charge in [0.15, 0.2) is 0 Å². The summed E-state index contributed by atoms with van der Waals surface area (Å²) in [6.45, 7) is 2.11. The highest BCUT2D eigenvalue weighted by Gasteiger charge is 2.06. The number of rotatable bonds is 6. The Morgan fingerprint density at radius 1 is 1.25 bits per heavy atom. The number of halogens is 1. The fourth-order valence-corrected chi connectivity index (χ4v) is 2.35. The van der Waals surface area contributed by atoms with Gasteiger partial charge < -0.3 is 4.74 Å². The maximum Gasteiger partial charge on any atom is 0.150 e. The van der Waals surface area contributed by atoms with E-state index in [9.17, 15) is 8.42 Å². The summed E-state index contributed by atoms with van der Waals surface area (Å²) in [4.78, 5) is 0. The van der Waals surface area contributed by atoms with Crippen LogP contribution >= 0.6 is 22.6 Å². The van der Waals surface area contributed by atoms with Gasteiger partial charge in [0.1, 0.15) is 15.6 Å². The van der Waals surface area contributed by atoms with Crippen LogP contribution in [-0.2, 0) is 9.84 Å². The average Bonchev–Trinajstić information content (AvgIpc) is 2.27. The molecule has 0 amide bonds. The second-order valence-electron chi connectivity index (χ2n) is 3.39. The van der Waals surface area contributed by atoms with E-state index in [-0.39, 0.29) is 11.5 Å². The lowest BCUT2D eigenvalue weighted by molar-refractivity contribution is 0.317. The molecule has 1 aromatic rings. The first-order valence-corrected chi connectivity index (χ1v) is 8.02. The van der Waals surface area contributed by atoms with Crippen molar-refractivity contribution in [3.05, 3.63) is 27.8 Å². The first-order chi connectivity index (χ1) is 7.53. The SMILES string of the molecule is CCS(=O)(=O)CCCOc1ccc(I)cc1. The van der Waals surface area contributed by atoms with Crippen molar-refractivity contribution in [1.82, 2.24) is 0 Å². The van der Waals surface area contributed by atoms with Gasteiger partial charge in [0.25, 0.3) is 0 Å². The number of ether oxygens (including phenoxy) is 1. The molecule has 0 atom stereocenters. The smallest absolute Gasteiger partial charge is 0.150 e. The minimum absolute atomic E-state index is 0.202. The van der Waals surface area contributed by atoms with Gasteiger partial charge in [-0.05, 0) is 53.3 Å². The van der Waals surface area contributed by atoms with Gasteiger partial charge in [0, 0.05) is 9.32 Å². The Morgan fingerprint density at radius 2 is 1.88 bits per heavy atom. The van der Waals surface area contributed by atoms with E-state index in [2.05, 4.69) is 22.6 Å². The van der Waals surface area contributed by atoms with E-state index >= 15 is 0 Å².